The van der Waals surface area contributed by atoms with Crippen molar-refractivity contribution >= 4 is 5.78 Å². The van der Waals surface area contributed by atoms with E-state index in [9.17, 15) is 4.79 Å². The van der Waals surface area contributed by atoms with Gasteiger partial charge in [0.05, 0.1) is 32.0 Å². The van der Waals surface area contributed by atoms with E-state index in [4.69, 9.17) is 18.9 Å². The minimum absolute atomic E-state index is 0.00519. The molecule has 30 heavy (non-hydrogen) atoms. The summed E-state index contributed by atoms with van der Waals surface area (Å²) in [5.74, 6) is 1.35. The Morgan fingerprint density at radius 2 is 1.20 bits per heavy atom. The zero-order valence-electron chi connectivity index (χ0n) is 17.0. The SMILES string of the molecule is O=C1c2cccc(OCN3CCOCC3)c2-c2cccc(OCN3CCOCC3)c21. The van der Waals surface area contributed by atoms with Gasteiger partial charge < -0.3 is 18.9 Å². The van der Waals surface area contributed by atoms with E-state index in [2.05, 4.69) is 9.80 Å². The highest BCUT2D eigenvalue weighted by atomic mass is 16.5. The summed E-state index contributed by atoms with van der Waals surface area (Å²) in [6.45, 7) is 7.18. The molecule has 0 amide bonds. The molecule has 158 valence electrons. The Balaban J connectivity index is 1.38. The summed E-state index contributed by atoms with van der Waals surface area (Å²) in [4.78, 5) is 17.6. The molecule has 2 heterocycles. The molecule has 2 aliphatic heterocycles. The number of benzene rings is 2. The van der Waals surface area contributed by atoms with E-state index < -0.39 is 0 Å². The number of morpholine rings is 2. The maximum Gasteiger partial charge on any atom is 0.198 e. The molecule has 2 aromatic carbocycles. The maximum absolute atomic E-state index is 13.2. The average molecular weight is 410 g/mol. The van der Waals surface area contributed by atoms with Crippen LogP contribution in [0.25, 0.3) is 11.1 Å². The Hall–Kier alpha value is -2.45. The normalized spacial score (nSPS) is 19.4. The van der Waals surface area contributed by atoms with Crippen molar-refractivity contribution in [2.24, 2.45) is 0 Å². The first-order valence-electron chi connectivity index (χ1n) is 10.5. The summed E-state index contributed by atoms with van der Waals surface area (Å²) in [5.41, 5.74) is 3.05. The molecule has 7 heteroatoms. The number of carbonyl (C=O) groups is 1. The molecule has 2 aromatic rings. The van der Waals surface area contributed by atoms with Crippen LogP contribution in [0.1, 0.15) is 15.9 Å². The van der Waals surface area contributed by atoms with E-state index in [1.807, 2.05) is 36.4 Å². The molecule has 0 atom stereocenters. The molecule has 5 rings (SSSR count). The standard InChI is InChI=1S/C23H26N2O5/c26-23-18-4-2-5-19(29-15-24-7-11-27-12-8-24)21(18)17-3-1-6-20(22(17)23)30-16-25-9-13-28-14-10-25/h1-6H,7-16H2. The van der Waals surface area contributed by atoms with Crippen molar-refractivity contribution < 1.29 is 23.7 Å². The van der Waals surface area contributed by atoms with Gasteiger partial charge in [-0.2, -0.15) is 0 Å². The zero-order chi connectivity index (χ0) is 20.3. The van der Waals surface area contributed by atoms with Gasteiger partial charge in [0.15, 0.2) is 5.78 Å². The third-order valence-electron chi connectivity index (χ3n) is 5.81. The summed E-state index contributed by atoms with van der Waals surface area (Å²) < 4.78 is 23.0. The lowest BCUT2D eigenvalue weighted by molar-refractivity contribution is 0.00392. The van der Waals surface area contributed by atoms with Crippen LogP contribution in [0.4, 0.5) is 0 Å². The van der Waals surface area contributed by atoms with Crippen LogP contribution in [0.5, 0.6) is 11.5 Å². The number of nitrogens with zero attached hydrogens (tertiary/aromatic N) is 2. The van der Waals surface area contributed by atoms with Gasteiger partial charge in [-0.1, -0.05) is 24.3 Å². The zero-order valence-corrected chi connectivity index (χ0v) is 17.0. The average Bonchev–Trinajstić information content (AvgIpc) is 3.11. The van der Waals surface area contributed by atoms with E-state index in [0.29, 0.717) is 43.6 Å². The molecule has 0 radical (unpaired) electrons. The minimum atomic E-state index is -0.00519. The van der Waals surface area contributed by atoms with Crippen molar-refractivity contribution in [2.45, 2.75) is 0 Å². The molecule has 1 aliphatic carbocycles. The number of hydrogen-bond donors (Lipinski definition) is 0. The first kappa shape index (κ1) is 19.5. The summed E-state index contributed by atoms with van der Waals surface area (Å²) in [7, 11) is 0. The Kier molecular flexibility index (Phi) is 5.68. The first-order valence-corrected chi connectivity index (χ1v) is 10.5. The van der Waals surface area contributed by atoms with E-state index >= 15 is 0 Å². The van der Waals surface area contributed by atoms with Crippen molar-refractivity contribution in [1.82, 2.24) is 9.80 Å². The number of hydrogen-bond acceptors (Lipinski definition) is 7. The third-order valence-corrected chi connectivity index (χ3v) is 5.81. The fourth-order valence-corrected chi connectivity index (χ4v) is 4.13. The van der Waals surface area contributed by atoms with Crippen LogP contribution in [-0.4, -0.2) is 81.7 Å². The molecular weight excluding hydrogens is 384 g/mol. The lowest BCUT2D eigenvalue weighted by Gasteiger charge is -2.27. The van der Waals surface area contributed by atoms with E-state index in [0.717, 1.165) is 56.3 Å². The Labute approximate surface area is 176 Å². The molecule has 0 aromatic heterocycles. The fraction of sp³-hybridized carbons (Fsp3) is 0.435. The predicted octanol–water partition coefficient (Wildman–Crippen LogP) is 2.24. The molecule has 7 nitrogen and oxygen atoms in total. The molecule has 2 saturated heterocycles. The van der Waals surface area contributed by atoms with Crippen LogP contribution in [0, 0.1) is 0 Å². The van der Waals surface area contributed by atoms with E-state index in [1.54, 1.807) is 0 Å². The second-order valence-corrected chi connectivity index (χ2v) is 7.69. The Morgan fingerprint density at radius 1 is 0.700 bits per heavy atom. The highest BCUT2D eigenvalue weighted by Gasteiger charge is 2.32. The van der Waals surface area contributed by atoms with Gasteiger partial charge in [-0.05, 0) is 12.1 Å². The van der Waals surface area contributed by atoms with Gasteiger partial charge in [0, 0.05) is 42.9 Å². The largest absolute Gasteiger partial charge is 0.477 e. The predicted molar refractivity (Wildman–Crippen MR) is 111 cm³/mol. The highest BCUT2D eigenvalue weighted by molar-refractivity contribution is 6.24. The topological polar surface area (TPSA) is 60.5 Å². The van der Waals surface area contributed by atoms with Gasteiger partial charge in [0.1, 0.15) is 25.0 Å². The quantitative estimate of drug-likeness (QED) is 0.618. The first-order chi connectivity index (χ1) is 14.8. The second-order valence-electron chi connectivity index (χ2n) is 7.69. The van der Waals surface area contributed by atoms with Crippen molar-refractivity contribution in [3.63, 3.8) is 0 Å². The lowest BCUT2D eigenvalue weighted by atomic mass is 10.0. The minimum Gasteiger partial charge on any atom is -0.477 e. The molecule has 0 spiro atoms. The molecular formula is C23H26N2O5. The van der Waals surface area contributed by atoms with Crippen molar-refractivity contribution in [2.75, 3.05) is 66.1 Å². The van der Waals surface area contributed by atoms with Crippen LogP contribution in [-0.2, 0) is 9.47 Å². The van der Waals surface area contributed by atoms with Crippen LogP contribution in [0.15, 0.2) is 36.4 Å². The number of carbonyl (C=O) groups excluding carboxylic acids is 1. The highest BCUT2D eigenvalue weighted by Crippen LogP contribution is 2.45. The van der Waals surface area contributed by atoms with Crippen LogP contribution >= 0.6 is 0 Å². The lowest BCUT2D eigenvalue weighted by Crippen LogP contribution is -2.38. The van der Waals surface area contributed by atoms with Crippen molar-refractivity contribution in [3.8, 4) is 22.6 Å². The number of fused-ring (bicyclic) bond motifs is 3. The fourth-order valence-electron chi connectivity index (χ4n) is 4.13. The second kappa shape index (κ2) is 8.73. The number of ether oxygens (including phenoxy) is 4. The summed E-state index contributed by atoms with van der Waals surface area (Å²) >= 11 is 0. The van der Waals surface area contributed by atoms with E-state index in [1.165, 1.54) is 0 Å². The number of rotatable bonds is 6. The van der Waals surface area contributed by atoms with Gasteiger partial charge in [0.2, 0.25) is 0 Å². The van der Waals surface area contributed by atoms with Gasteiger partial charge in [-0.25, -0.2) is 0 Å². The van der Waals surface area contributed by atoms with Crippen LogP contribution < -0.4 is 9.47 Å². The molecule has 0 N–H and O–H groups in total. The third kappa shape index (κ3) is 3.81. The maximum atomic E-state index is 13.2. The Bertz CT molecular complexity index is 920. The van der Waals surface area contributed by atoms with Crippen molar-refractivity contribution in [1.29, 1.82) is 0 Å². The molecule has 0 saturated carbocycles. The molecule has 2 fully saturated rings. The molecule has 3 aliphatic rings. The Morgan fingerprint density at radius 3 is 1.77 bits per heavy atom. The van der Waals surface area contributed by atoms with Gasteiger partial charge in [-0.3, -0.25) is 14.6 Å². The number of ketones is 1. The van der Waals surface area contributed by atoms with E-state index in [-0.39, 0.29) is 5.78 Å². The van der Waals surface area contributed by atoms with Crippen LogP contribution in [0.3, 0.4) is 0 Å². The summed E-state index contributed by atoms with van der Waals surface area (Å²) in [5, 5.41) is 0. The summed E-state index contributed by atoms with van der Waals surface area (Å²) in [6, 6.07) is 11.5. The van der Waals surface area contributed by atoms with Crippen molar-refractivity contribution in [3.05, 3.63) is 47.5 Å². The molecule has 0 unspecified atom stereocenters. The van der Waals surface area contributed by atoms with Crippen LogP contribution in [0.2, 0.25) is 0 Å². The van der Waals surface area contributed by atoms with Gasteiger partial charge in [0.25, 0.3) is 0 Å². The summed E-state index contributed by atoms with van der Waals surface area (Å²) in [6.07, 6.45) is 0. The monoisotopic (exact) mass is 410 g/mol. The smallest absolute Gasteiger partial charge is 0.198 e. The van der Waals surface area contributed by atoms with Gasteiger partial charge >= 0.3 is 0 Å². The molecule has 0 bridgehead atoms. The van der Waals surface area contributed by atoms with Gasteiger partial charge in [-0.15, -0.1) is 0 Å².